The number of carbonyl (C=O) groups is 1. The van der Waals surface area contributed by atoms with Crippen LogP contribution in [-0.4, -0.2) is 16.1 Å². The second-order valence-electron chi connectivity index (χ2n) is 5.12. The Bertz CT molecular complexity index is 687. The SMILES string of the molecule is Cc1[nH]c(C(=O)OCc2c(Cl)cccc2Cl)c(C)c1[C@H](C)O. The highest BCUT2D eigenvalue weighted by Crippen LogP contribution is 2.27. The fourth-order valence-corrected chi connectivity index (χ4v) is 2.98. The third-order valence-electron chi connectivity index (χ3n) is 3.53. The van der Waals surface area contributed by atoms with Gasteiger partial charge in [0.05, 0.1) is 6.10 Å². The van der Waals surface area contributed by atoms with Gasteiger partial charge in [-0.05, 0) is 38.5 Å². The highest BCUT2D eigenvalue weighted by atomic mass is 35.5. The summed E-state index contributed by atoms with van der Waals surface area (Å²) in [6.07, 6.45) is -0.657. The largest absolute Gasteiger partial charge is 0.456 e. The summed E-state index contributed by atoms with van der Waals surface area (Å²) in [4.78, 5) is 15.2. The van der Waals surface area contributed by atoms with Crippen LogP contribution in [0.2, 0.25) is 10.0 Å². The van der Waals surface area contributed by atoms with E-state index in [1.807, 2.05) is 0 Å². The Kier molecular flexibility index (Phi) is 5.16. The van der Waals surface area contributed by atoms with Gasteiger partial charge < -0.3 is 14.8 Å². The molecule has 1 aromatic heterocycles. The molecule has 22 heavy (non-hydrogen) atoms. The summed E-state index contributed by atoms with van der Waals surface area (Å²) in [7, 11) is 0. The number of aryl methyl sites for hydroxylation is 1. The number of aliphatic hydroxyl groups is 1. The molecule has 2 N–H and O–H groups in total. The Morgan fingerprint density at radius 1 is 1.32 bits per heavy atom. The Balaban J connectivity index is 2.19. The first-order valence-corrected chi connectivity index (χ1v) is 7.55. The first kappa shape index (κ1) is 16.9. The normalized spacial score (nSPS) is 12.3. The zero-order chi connectivity index (χ0) is 16.4. The van der Waals surface area contributed by atoms with Gasteiger partial charge in [-0.2, -0.15) is 0 Å². The highest BCUT2D eigenvalue weighted by molar-refractivity contribution is 6.35. The molecule has 2 rings (SSSR count). The summed E-state index contributed by atoms with van der Waals surface area (Å²) < 4.78 is 5.28. The lowest BCUT2D eigenvalue weighted by molar-refractivity contribution is 0.0466. The van der Waals surface area contributed by atoms with E-state index < -0.39 is 12.1 Å². The van der Waals surface area contributed by atoms with Crippen molar-refractivity contribution in [1.29, 1.82) is 0 Å². The summed E-state index contributed by atoms with van der Waals surface area (Å²) in [5.41, 5.74) is 3.04. The van der Waals surface area contributed by atoms with Gasteiger partial charge in [-0.15, -0.1) is 0 Å². The minimum Gasteiger partial charge on any atom is -0.456 e. The molecule has 0 spiro atoms. The van der Waals surface area contributed by atoms with E-state index >= 15 is 0 Å². The van der Waals surface area contributed by atoms with Crippen molar-refractivity contribution < 1.29 is 14.6 Å². The molecule has 0 unspecified atom stereocenters. The Morgan fingerprint density at radius 2 is 1.91 bits per heavy atom. The van der Waals surface area contributed by atoms with E-state index in [1.54, 1.807) is 39.0 Å². The molecule has 0 aliphatic rings. The van der Waals surface area contributed by atoms with E-state index in [0.717, 1.165) is 5.69 Å². The number of carbonyl (C=O) groups excluding carboxylic acids is 1. The maximum Gasteiger partial charge on any atom is 0.355 e. The number of ether oxygens (including phenoxy) is 1. The number of benzene rings is 1. The van der Waals surface area contributed by atoms with Crippen LogP contribution in [0.3, 0.4) is 0 Å². The maximum atomic E-state index is 12.2. The first-order chi connectivity index (χ1) is 10.3. The number of aromatic amines is 1. The van der Waals surface area contributed by atoms with Crippen LogP contribution in [0.15, 0.2) is 18.2 Å². The summed E-state index contributed by atoms with van der Waals surface area (Å²) >= 11 is 12.1. The Hall–Kier alpha value is -1.49. The number of rotatable bonds is 4. The van der Waals surface area contributed by atoms with Gasteiger partial charge in [0, 0.05) is 26.9 Å². The number of nitrogens with one attached hydrogen (secondary N) is 1. The number of hydrogen-bond donors (Lipinski definition) is 2. The van der Waals surface area contributed by atoms with Gasteiger partial charge in [0.1, 0.15) is 12.3 Å². The van der Waals surface area contributed by atoms with Gasteiger partial charge in [0.2, 0.25) is 0 Å². The van der Waals surface area contributed by atoms with Crippen molar-refractivity contribution in [3.05, 3.63) is 56.3 Å². The fourth-order valence-electron chi connectivity index (χ4n) is 2.48. The van der Waals surface area contributed by atoms with Crippen molar-refractivity contribution in [2.45, 2.75) is 33.5 Å². The van der Waals surface area contributed by atoms with Crippen LogP contribution >= 0.6 is 23.2 Å². The number of hydrogen-bond acceptors (Lipinski definition) is 3. The van der Waals surface area contributed by atoms with Crippen molar-refractivity contribution in [3.63, 3.8) is 0 Å². The predicted octanol–water partition coefficient (Wildman–Crippen LogP) is 4.35. The van der Waals surface area contributed by atoms with Crippen LogP contribution in [-0.2, 0) is 11.3 Å². The van der Waals surface area contributed by atoms with Crippen LogP contribution in [0.5, 0.6) is 0 Å². The molecule has 0 amide bonds. The van der Waals surface area contributed by atoms with Crippen LogP contribution in [0.4, 0.5) is 0 Å². The van der Waals surface area contributed by atoms with E-state index in [4.69, 9.17) is 27.9 Å². The molecule has 6 heteroatoms. The van der Waals surface area contributed by atoms with E-state index in [9.17, 15) is 9.90 Å². The molecule has 1 heterocycles. The zero-order valence-corrected chi connectivity index (χ0v) is 14.0. The highest BCUT2D eigenvalue weighted by Gasteiger charge is 2.21. The minimum absolute atomic E-state index is 0.0150. The van der Waals surface area contributed by atoms with Crippen molar-refractivity contribution in [2.24, 2.45) is 0 Å². The average Bonchev–Trinajstić information content (AvgIpc) is 2.73. The standard InChI is InChI=1S/C16H17Cl2NO3/c1-8-14(10(3)20)9(2)19-15(8)16(21)22-7-11-12(17)5-4-6-13(11)18/h4-6,10,19-20H,7H2,1-3H3/t10-/m0/s1. The Morgan fingerprint density at radius 3 is 2.41 bits per heavy atom. The molecule has 1 aromatic carbocycles. The van der Waals surface area contributed by atoms with Gasteiger partial charge >= 0.3 is 5.97 Å². The Labute approximate surface area is 139 Å². The van der Waals surface area contributed by atoms with Gasteiger partial charge in [0.15, 0.2) is 0 Å². The van der Waals surface area contributed by atoms with Crippen LogP contribution in [0.25, 0.3) is 0 Å². The van der Waals surface area contributed by atoms with Crippen LogP contribution in [0.1, 0.15) is 45.9 Å². The zero-order valence-electron chi connectivity index (χ0n) is 12.5. The molecule has 0 bridgehead atoms. The quantitative estimate of drug-likeness (QED) is 0.812. The molecule has 0 radical (unpaired) electrons. The predicted molar refractivity (Wildman–Crippen MR) is 86.5 cm³/mol. The number of esters is 1. The van der Waals surface area contributed by atoms with Crippen molar-refractivity contribution in [2.75, 3.05) is 0 Å². The lowest BCUT2D eigenvalue weighted by atomic mass is 10.1. The lowest BCUT2D eigenvalue weighted by Crippen LogP contribution is -2.08. The van der Waals surface area contributed by atoms with E-state index in [2.05, 4.69) is 4.98 Å². The van der Waals surface area contributed by atoms with Gasteiger partial charge in [-0.3, -0.25) is 0 Å². The smallest absolute Gasteiger partial charge is 0.355 e. The van der Waals surface area contributed by atoms with Crippen LogP contribution in [0, 0.1) is 13.8 Å². The molecule has 0 saturated carbocycles. The number of aromatic nitrogens is 1. The molecule has 1 atom stereocenters. The first-order valence-electron chi connectivity index (χ1n) is 6.80. The summed E-state index contributed by atoms with van der Waals surface area (Å²) in [5, 5.41) is 10.7. The second kappa shape index (κ2) is 6.73. The summed E-state index contributed by atoms with van der Waals surface area (Å²) in [5.74, 6) is -0.511. The number of H-pyrrole nitrogens is 1. The molecular weight excluding hydrogens is 325 g/mol. The van der Waals surface area contributed by atoms with Gasteiger partial charge in [-0.1, -0.05) is 29.3 Å². The minimum atomic E-state index is -0.657. The molecule has 0 aliphatic heterocycles. The monoisotopic (exact) mass is 341 g/mol. The van der Waals surface area contributed by atoms with Crippen molar-refractivity contribution >= 4 is 29.2 Å². The third kappa shape index (κ3) is 3.29. The van der Waals surface area contributed by atoms with E-state index in [0.29, 0.717) is 32.4 Å². The van der Waals surface area contributed by atoms with Crippen LogP contribution < -0.4 is 0 Å². The lowest BCUT2D eigenvalue weighted by Gasteiger charge is -2.08. The third-order valence-corrected chi connectivity index (χ3v) is 4.23. The van der Waals surface area contributed by atoms with E-state index in [-0.39, 0.29) is 6.61 Å². The van der Waals surface area contributed by atoms with Gasteiger partial charge in [-0.25, -0.2) is 4.79 Å². The fraction of sp³-hybridized carbons (Fsp3) is 0.312. The summed E-state index contributed by atoms with van der Waals surface area (Å²) in [6, 6.07) is 5.10. The molecule has 0 fully saturated rings. The molecule has 0 saturated heterocycles. The number of halogens is 2. The average molecular weight is 342 g/mol. The molecule has 2 aromatic rings. The summed E-state index contributed by atoms with van der Waals surface area (Å²) in [6.45, 7) is 5.21. The maximum absolute atomic E-state index is 12.2. The molecule has 4 nitrogen and oxygen atoms in total. The van der Waals surface area contributed by atoms with Crippen molar-refractivity contribution in [1.82, 2.24) is 4.98 Å². The topological polar surface area (TPSA) is 62.3 Å². The van der Waals surface area contributed by atoms with E-state index in [1.165, 1.54) is 0 Å². The van der Waals surface area contributed by atoms with Crippen molar-refractivity contribution in [3.8, 4) is 0 Å². The second-order valence-corrected chi connectivity index (χ2v) is 5.93. The molecule has 118 valence electrons. The number of aliphatic hydroxyl groups excluding tert-OH is 1. The molecule has 0 aliphatic carbocycles. The molecular formula is C16H17Cl2NO3. The van der Waals surface area contributed by atoms with Gasteiger partial charge in [0.25, 0.3) is 0 Å².